The predicted molar refractivity (Wildman–Crippen MR) is 249 cm³/mol. The lowest BCUT2D eigenvalue weighted by Crippen LogP contribution is -2.43. The Kier molecular flexibility index (Phi) is 15.4. The first-order valence-electron chi connectivity index (χ1n) is 21.1. The van der Waals surface area contributed by atoms with E-state index in [-0.39, 0.29) is 17.7 Å². The number of anilines is 2. The van der Waals surface area contributed by atoms with E-state index >= 15 is 0 Å². The van der Waals surface area contributed by atoms with E-state index in [1.807, 2.05) is 166 Å². The highest BCUT2D eigenvalue weighted by atomic mass is 16.7. The summed E-state index contributed by atoms with van der Waals surface area (Å²) in [7, 11) is 0. The van der Waals surface area contributed by atoms with Crippen molar-refractivity contribution in [2.24, 2.45) is 0 Å². The third kappa shape index (κ3) is 11.6. The van der Waals surface area contributed by atoms with Gasteiger partial charge in [0.25, 0.3) is 0 Å². The molecule has 0 fully saturated rings. The van der Waals surface area contributed by atoms with E-state index in [2.05, 4.69) is 25.3 Å². The van der Waals surface area contributed by atoms with Crippen molar-refractivity contribution in [1.29, 1.82) is 0 Å². The van der Waals surface area contributed by atoms with E-state index < -0.39 is 6.29 Å². The van der Waals surface area contributed by atoms with Gasteiger partial charge in [0.2, 0.25) is 6.29 Å². The molecule has 0 aliphatic carbocycles. The summed E-state index contributed by atoms with van der Waals surface area (Å²) in [5.41, 5.74) is 14.8. The van der Waals surface area contributed by atoms with Gasteiger partial charge in [-0.25, -0.2) is 19.7 Å². The topological polar surface area (TPSA) is 159 Å². The minimum Gasteiger partial charge on any atom is -0.382 e. The van der Waals surface area contributed by atoms with E-state index in [0.717, 1.165) is 56.3 Å². The summed E-state index contributed by atoms with van der Waals surface area (Å²) in [5.74, 6) is 1.16. The van der Waals surface area contributed by atoms with Gasteiger partial charge < -0.3 is 15.2 Å². The number of Topliss-reactive ketones (excluding diaryl/α,β-unsaturated/α-hetero) is 1. The quantitative estimate of drug-likeness (QED) is 0.0844. The minimum atomic E-state index is -0.727. The van der Waals surface area contributed by atoms with Crippen LogP contribution in [0.25, 0.3) is 45.0 Å². The summed E-state index contributed by atoms with van der Waals surface area (Å²) < 4.78 is 12.2. The monoisotopic (exact) mass is 849 g/mol. The number of hydrogen-bond donors (Lipinski definition) is 2. The van der Waals surface area contributed by atoms with Gasteiger partial charge in [0.1, 0.15) is 23.4 Å². The Labute approximate surface area is 372 Å². The normalized spacial score (nSPS) is 12.5. The standard InChI is InChI=1S/C24H18N4O.C15H12N4.C13H18O3/c29-24-20(15-17-7-3-1-4-8-17)27-23-22(19-9-5-2-6-10-19)26-21(16-28(23)24)18-11-13-25-14-12-18;16-15-14(12-4-2-1-3-5-12)19-13(10-18-15)11-6-8-17-9-7-11;1-3-15-13(16-4-2)12(14)10-11-8-6-5-7-9-11/h1-14,16,20H,15H2;1-10H,(H2,16,18);5-9,13H,3-4,10H2,1-2H3/p+1. The predicted octanol–water partition coefficient (Wildman–Crippen LogP) is 8.76. The second-order valence-corrected chi connectivity index (χ2v) is 14.5. The number of ether oxygens (including phenoxy) is 2. The zero-order chi connectivity index (χ0) is 44.5. The first kappa shape index (κ1) is 44.3. The Morgan fingerprint density at radius 3 is 1.67 bits per heavy atom. The number of nitrogen functional groups attached to an aromatic ring is 1. The molecule has 1 atom stereocenters. The van der Waals surface area contributed by atoms with Crippen LogP contribution in [0.4, 0.5) is 11.6 Å². The van der Waals surface area contributed by atoms with Crippen molar-refractivity contribution >= 4 is 23.3 Å². The number of carbonyl (C=O) groups excluding carboxylic acids is 2. The van der Waals surface area contributed by atoms with Gasteiger partial charge in [0.15, 0.2) is 17.5 Å². The first-order valence-corrected chi connectivity index (χ1v) is 21.1. The van der Waals surface area contributed by atoms with Crippen LogP contribution in [-0.2, 0) is 27.1 Å². The van der Waals surface area contributed by atoms with E-state index in [9.17, 15) is 9.59 Å². The lowest BCUT2D eigenvalue weighted by molar-refractivity contribution is -0.551. The van der Waals surface area contributed by atoms with Crippen LogP contribution in [0, 0.1) is 0 Å². The molecule has 1 aliphatic rings. The maximum absolute atomic E-state index is 13.2. The van der Waals surface area contributed by atoms with Gasteiger partial charge in [-0.1, -0.05) is 121 Å². The van der Waals surface area contributed by atoms with Crippen LogP contribution in [-0.4, -0.2) is 62.2 Å². The summed E-state index contributed by atoms with van der Waals surface area (Å²) >= 11 is 0. The van der Waals surface area contributed by atoms with Crippen molar-refractivity contribution in [2.75, 3.05) is 24.3 Å². The van der Waals surface area contributed by atoms with Gasteiger partial charge in [-0.05, 0) is 49.2 Å². The Balaban J connectivity index is 0.000000152. The van der Waals surface area contributed by atoms with Gasteiger partial charge in [-0.3, -0.25) is 20.1 Å². The van der Waals surface area contributed by atoms with Crippen molar-refractivity contribution in [3.05, 3.63) is 194 Å². The molecule has 0 saturated carbocycles. The third-order valence-corrected chi connectivity index (χ3v) is 10.0. The Morgan fingerprint density at radius 2 is 1.12 bits per heavy atom. The molecule has 64 heavy (non-hydrogen) atoms. The van der Waals surface area contributed by atoms with Crippen LogP contribution in [0.1, 0.15) is 29.8 Å². The largest absolute Gasteiger partial charge is 0.382 e. The van der Waals surface area contributed by atoms with Crippen molar-refractivity contribution in [2.45, 2.75) is 39.0 Å². The Morgan fingerprint density at radius 1 is 0.641 bits per heavy atom. The van der Waals surface area contributed by atoms with Crippen molar-refractivity contribution in [3.63, 3.8) is 0 Å². The molecular weight excluding hydrogens is 801 g/mol. The molecule has 9 rings (SSSR count). The molecule has 8 aromatic rings. The minimum absolute atomic E-state index is 0.0266. The van der Waals surface area contributed by atoms with Crippen molar-refractivity contribution in [1.82, 2.24) is 24.9 Å². The van der Waals surface area contributed by atoms with Gasteiger partial charge >= 0.3 is 11.7 Å². The number of aromatic nitrogens is 6. The third-order valence-electron chi connectivity index (χ3n) is 10.0. The molecule has 4 aromatic carbocycles. The van der Waals surface area contributed by atoms with E-state index in [1.165, 1.54) is 0 Å². The van der Waals surface area contributed by atoms with Gasteiger partial charge in [0, 0.05) is 73.1 Å². The molecule has 0 saturated heterocycles. The fourth-order valence-electron chi connectivity index (χ4n) is 6.94. The summed E-state index contributed by atoms with van der Waals surface area (Å²) in [6.45, 7) is 4.65. The molecule has 0 radical (unpaired) electrons. The first-order chi connectivity index (χ1) is 31.4. The number of nitrogens with zero attached hydrogens (tertiary/aromatic N) is 6. The maximum atomic E-state index is 13.2. The van der Waals surface area contributed by atoms with Gasteiger partial charge in [-0.15, -0.1) is 0 Å². The molecule has 320 valence electrons. The molecule has 5 heterocycles. The molecule has 4 aromatic heterocycles. The number of ketones is 1. The highest BCUT2D eigenvalue weighted by Gasteiger charge is 2.41. The fraction of sp³-hybridized carbons (Fsp3) is 0.154. The van der Waals surface area contributed by atoms with Crippen LogP contribution in [0.3, 0.4) is 0 Å². The van der Waals surface area contributed by atoms with Crippen molar-refractivity contribution in [3.8, 4) is 45.0 Å². The number of hydrogen-bond acceptors (Lipinski definition) is 11. The summed E-state index contributed by atoms with van der Waals surface area (Å²) in [5, 5.41) is 3.42. The van der Waals surface area contributed by atoms with E-state index in [4.69, 9.17) is 20.2 Å². The second-order valence-electron chi connectivity index (χ2n) is 14.5. The second kappa shape index (κ2) is 22.3. The summed E-state index contributed by atoms with van der Waals surface area (Å²) in [6.07, 6.45) is 10.7. The SMILES string of the molecule is CCOC(OCC)C(=O)Cc1ccccc1.Nc1ncc(-c2ccncc2)nc1-c1ccccc1.O=C1C(Cc2ccccc2)Nc2c(-c3ccccc3)nc(-c3ccncc3)c[n+]21. The lowest BCUT2D eigenvalue weighted by atomic mass is 10.1. The Bertz CT molecular complexity index is 2710. The number of rotatable bonds is 13. The number of pyridine rings is 2. The molecule has 12 nitrogen and oxygen atoms in total. The molecular formula is C52H49N8O4+. The lowest BCUT2D eigenvalue weighted by Gasteiger charge is -2.15. The number of fused-ring (bicyclic) bond motifs is 1. The number of nitrogens with one attached hydrogen (secondary N) is 1. The number of benzene rings is 4. The van der Waals surface area contributed by atoms with Gasteiger partial charge in [-0.2, -0.15) is 4.57 Å². The molecule has 1 aliphatic heterocycles. The summed E-state index contributed by atoms with van der Waals surface area (Å²) in [6, 6.07) is 46.7. The average molecular weight is 850 g/mol. The molecule has 12 heteroatoms. The smallest absolute Gasteiger partial charge is 0.359 e. The van der Waals surface area contributed by atoms with E-state index in [0.29, 0.717) is 37.6 Å². The highest BCUT2D eigenvalue weighted by molar-refractivity contribution is 5.87. The van der Waals surface area contributed by atoms with Crippen LogP contribution in [0.15, 0.2) is 183 Å². The molecule has 0 amide bonds. The van der Waals surface area contributed by atoms with Crippen LogP contribution < -0.4 is 15.6 Å². The van der Waals surface area contributed by atoms with Crippen LogP contribution in [0.2, 0.25) is 0 Å². The average Bonchev–Trinajstić information content (AvgIpc) is 3.67. The zero-order valence-corrected chi connectivity index (χ0v) is 35.7. The molecule has 3 N–H and O–H groups in total. The van der Waals surface area contributed by atoms with Gasteiger partial charge in [0.05, 0.1) is 11.9 Å². The fourth-order valence-corrected chi connectivity index (χ4v) is 6.94. The molecule has 0 bridgehead atoms. The molecule has 0 spiro atoms. The van der Waals surface area contributed by atoms with Crippen molar-refractivity contribution < 1.29 is 23.6 Å². The molecule has 1 unspecified atom stereocenters. The highest BCUT2D eigenvalue weighted by Crippen LogP contribution is 2.30. The Hall–Kier alpha value is -7.80. The van der Waals surface area contributed by atoms with Crippen LogP contribution >= 0.6 is 0 Å². The number of carbonyl (C=O) groups is 2. The maximum Gasteiger partial charge on any atom is 0.359 e. The summed E-state index contributed by atoms with van der Waals surface area (Å²) in [4.78, 5) is 46.9. The number of nitrogens with two attached hydrogens (primary N) is 1. The zero-order valence-electron chi connectivity index (χ0n) is 35.7. The van der Waals surface area contributed by atoms with Crippen LogP contribution in [0.5, 0.6) is 0 Å². The van der Waals surface area contributed by atoms with E-state index in [1.54, 1.807) is 35.6 Å².